The standard InChI is InChI=1S/C68H124O6/c1-4-7-10-13-16-18-20-22-24-26-28-29-30-31-32-33-34-35-36-37-38-40-41-43-45-47-49-52-55-58-61-67(70)73-64-65(63-72-66(69)60-57-54-51-15-12-9-6-3)74-68(71)62-59-56-53-50-48-46-44-42-39-27-25-23-21-19-17-14-11-8-5-2/h8,11,17,19,23,25,39,42,65H,4-7,9-10,12-16,18,20-22,24,26-38,40-41,43-64H2,1-3H3/b11-8-,19-17-,25-23-,42-39-. The topological polar surface area (TPSA) is 78.9 Å². The molecule has 0 aromatic carbocycles. The van der Waals surface area contributed by atoms with Crippen molar-refractivity contribution in [1.29, 1.82) is 0 Å². The van der Waals surface area contributed by atoms with Crippen molar-refractivity contribution in [1.82, 2.24) is 0 Å². The zero-order chi connectivity index (χ0) is 53.6. The SMILES string of the molecule is CC/C=C\C/C=C\C/C=C\C/C=C\CCCCCCCCC(=O)OC(COC(=O)CCCCCCCCC)COC(=O)CCCCCCCCCCCCCCCCCCCCCCCCCCCCCCCC. The minimum absolute atomic E-state index is 0.0753. The fourth-order valence-electron chi connectivity index (χ4n) is 9.73. The summed E-state index contributed by atoms with van der Waals surface area (Å²) in [6.07, 6.45) is 78.8. The van der Waals surface area contributed by atoms with Crippen LogP contribution >= 0.6 is 0 Å². The second-order valence-electron chi connectivity index (χ2n) is 22.0. The Morgan fingerprint density at radius 1 is 0.284 bits per heavy atom. The van der Waals surface area contributed by atoms with Crippen LogP contribution in [-0.4, -0.2) is 37.2 Å². The molecule has 0 bridgehead atoms. The van der Waals surface area contributed by atoms with Crippen LogP contribution < -0.4 is 0 Å². The highest BCUT2D eigenvalue weighted by Gasteiger charge is 2.19. The van der Waals surface area contributed by atoms with Gasteiger partial charge < -0.3 is 14.2 Å². The summed E-state index contributed by atoms with van der Waals surface area (Å²) in [6, 6.07) is 0. The maximum atomic E-state index is 12.8. The predicted octanol–water partition coefficient (Wildman–Crippen LogP) is 22.2. The van der Waals surface area contributed by atoms with Crippen LogP contribution in [-0.2, 0) is 28.6 Å². The predicted molar refractivity (Wildman–Crippen MR) is 321 cm³/mol. The van der Waals surface area contributed by atoms with Crippen LogP contribution in [0.5, 0.6) is 0 Å². The van der Waals surface area contributed by atoms with E-state index in [-0.39, 0.29) is 31.1 Å². The third-order valence-corrected chi connectivity index (χ3v) is 14.6. The Morgan fingerprint density at radius 3 is 0.824 bits per heavy atom. The zero-order valence-electron chi connectivity index (χ0n) is 49.6. The van der Waals surface area contributed by atoms with Crippen LogP contribution in [0.15, 0.2) is 48.6 Å². The van der Waals surface area contributed by atoms with Gasteiger partial charge in [0.25, 0.3) is 0 Å². The van der Waals surface area contributed by atoms with Crippen molar-refractivity contribution in [2.75, 3.05) is 13.2 Å². The van der Waals surface area contributed by atoms with E-state index in [4.69, 9.17) is 14.2 Å². The van der Waals surface area contributed by atoms with E-state index < -0.39 is 6.10 Å². The first-order valence-electron chi connectivity index (χ1n) is 32.6. The van der Waals surface area contributed by atoms with Gasteiger partial charge in [-0.25, -0.2) is 0 Å². The molecule has 0 heterocycles. The van der Waals surface area contributed by atoms with Crippen LogP contribution in [0.3, 0.4) is 0 Å². The molecule has 432 valence electrons. The van der Waals surface area contributed by atoms with Gasteiger partial charge in [0.2, 0.25) is 0 Å². The monoisotopic (exact) mass is 1040 g/mol. The van der Waals surface area contributed by atoms with E-state index in [1.807, 2.05) is 0 Å². The summed E-state index contributed by atoms with van der Waals surface area (Å²) in [5.41, 5.74) is 0. The Labute approximate surface area is 460 Å². The Hall–Kier alpha value is -2.63. The number of carbonyl (C=O) groups excluding carboxylic acids is 3. The molecule has 0 aromatic rings. The number of esters is 3. The summed E-state index contributed by atoms with van der Waals surface area (Å²) >= 11 is 0. The van der Waals surface area contributed by atoms with E-state index in [0.717, 1.165) is 96.3 Å². The lowest BCUT2D eigenvalue weighted by Gasteiger charge is -2.18. The van der Waals surface area contributed by atoms with Gasteiger partial charge in [-0.3, -0.25) is 14.4 Å². The summed E-state index contributed by atoms with van der Waals surface area (Å²) in [5.74, 6) is -0.878. The summed E-state index contributed by atoms with van der Waals surface area (Å²) in [5, 5.41) is 0. The van der Waals surface area contributed by atoms with Gasteiger partial charge in [-0.2, -0.15) is 0 Å². The summed E-state index contributed by atoms with van der Waals surface area (Å²) < 4.78 is 16.8. The molecule has 0 N–H and O–H groups in total. The number of hydrogen-bond acceptors (Lipinski definition) is 6. The summed E-state index contributed by atoms with van der Waals surface area (Å²) in [7, 11) is 0. The van der Waals surface area contributed by atoms with Crippen LogP contribution in [0.4, 0.5) is 0 Å². The Kier molecular flexibility index (Phi) is 60.7. The Bertz CT molecular complexity index is 1280. The minimum atomic E-state index is -0.777. The quantitative estimate of drug-likeness (QED) is 0.0261. The lowest BCUT2D eigenvalue weighted by molar-refractivity contribution is -0.167. The fourth-order valence-corrected chi connectivity index (χ4v) is 9.73. The third-order valence-electron chi connectivity index (χ3n) is 14.6. The molecule has 0 aliphatic carbocycles. The maximum Gasteiger partial charge on any atom is 0.306 e. The van der Waals surface area contributed by atoms with Gasteiger partial charge in [0.15, 0.2) is 6.10 Å². The summed E-state index contributed by atoms with van der Waals surface area (Å²) in [6.45, 7) is 6.52. The molecule has 1 unspecified atom stereocenters. The van der Waals surface area contributed by atoms with Crippen molar-refractivity contribution in [2.45, 2.75) is 354 Å². The summed E-state index contributed by atoms with van der Waals surface area (Å²) in [4.78, 5) is 38.1. The van der Waals surface area contributed by atoms with Gasteiger partial charge in [0.1, 0.15) is 13.2 Å². The molecule has 0 saturated heterocycles. The number of carbonyl (C=O) groups is 3. The second kappa shape index (κ2) is 62.9. The van der Waals surface area contributed by atoms with Gasteiger partial charge in [-0.05, 0) is 57.8 Å². The minimum Gasteiger partial charge on any atom is -0.462 e. The first-order chi connectivity index (χ1) is 36.5. The van der Waals surface area contributed by atoms with E-state index in [0.29, 0.717) is 19.3 Å². The van der Waals surface area contributed by atoms with Gasteiger partial charge in [0.05, 0.1) is 0 Å². The molecule has 6 heteroatoms. The lowest BCUT2D eigenvalue weighted by atomic mass is 10.0. The molecule has 0 aliphatic heterocycles. The van der Waals surface area contributed by atoms with E-state index in [9.17, 15) is 14.4 Å². The molecule has 0 radical (unpaired) electrons. The highest BCUT2D eigenvalue weighted by atomic mass is 16.6. The van der Waals surface area contributed by atoms with Gasteiger partial charge in [-0.15, -0.1) is 0 Å². The Morgan fingerprint density at radius 2 is 0.527 bits per heavy atom. The van der Waals surface area contributed by atoms with E-state index in [1.54, 1.807) is 0 Å². The van der Waals surface area contributed by atoms with Crippen molar-refractivity contribution >= 4 is 17.9 Å². The van der Waals surface area contributed by atoms with Crippen molar-refractivity contribution in [2.24, 2.45) is 0 Å². The zero-order valence-corrected chi connectivity index (χ0v) is 49.6. The van der Waals surface area contributed by atoms with Crippen LogP contribution in [0.1, 0.15) is 348 Å². The molecule has 0 fully saturated rings. The number of hydrogen-bond donors (Lipinski definition) is 0. The number of allylic oxidation sites excluding steroid dienone is 8. The lowest BCUT2D eigenvalue weighted by Crippen LogP contribution is -2.30. The van der Waals surface area contributed by atoms with Crippen LogP contribution in [0.25, 0.3) is 0 Å². The largest absolute Gasteiger partial charge is 0.462 e. The molecule has 0 spiro atoms. The van der Waals surface area contributed by atoms with Crippen LogP contribution in [0, 0.1) is 0 Å². The average molecular weight is 1040 g/mol. The van der Waals surface area contributed by atoms with Crippen molar-refractivity contribution in [3.63, 3.8) is 0 Å². The molecule has 0 saturated carbocycles. The number of unbranched alkanes of at least 4 members (excludes halogenated alkanes) is 41. The molecule has 74 heavy (non-hydrogen) atoms. The normalized spacial score (nSPS) is 12.3. The molecule has 0 rings (SSSR count). The molecule has 1 atom stereocenters. The highest BCUT2D eigenvalue weighted by Crippen LogP contribution is 2.18. The van der Waals surface area contributed by atoms with Crippen molar-refractivity contribution in [3.05, 3.63) is 48.6 Å². The van der Waals surface area contributed by atoms with Gasteiger partial charge in [-0.1, -0.05) is 320 Å². The van der Waals surface area contributed by atoms with Gasteiger partial charge in [0, 0.05) is 19.3 Å². The van der Waals surface area contributed by atoms with Crippen molar-refractivity contribution < 1.29 is 28.6 Å². The molecular weight excluding hydrogens is 913 g/mol. The highest BCUT2D eigenvalue weighted by molar-refractivity contribution is 5.71. The smallest absolute Gasteiger partial charge is 0.306 e. The van der Waals surface area contributed by atoms with Crippen LogP contribution in [0.2, 0.25) is 0 Å². The average Bonchev–Trinajstić information content (AvgIpc) is 3.40. The fraction of sp³-hybridized carbons (Fsp3) is 0.838. The van der Waals surface area contributed by atoms with E-state index in [2.05, 4.69) is 69.4 Å². The van der Waals surface area contributed by atoms with Gasteiger partial charge >= 0.3 is 17.9 Å². The molecule has 0 aromatic heterocycles. The second-order valence-corrected chi connectivity index (χ2v) is 22.0. The number of ether oxygens (including phenoxy) is 3. The molecule has 0 amide bonds. The third kappa shape index (κ3) is 60.2. The van der Waals surface area contributed by atoms with Crippen molar-refractivity contribution in [3.8, 4) is 0 Å². The maximum absolute atomic E-state index is 12.8. The van der Waals surface area contributed by atoms with E-state index >= 15 is 0 Å². The Balaban J connectivity index is 4.03. The van der Waals surface area contributed by atoms with E-state index in [1.165, 1.54) is 212 Å². The molecular formula is C68H124O6. The first-order valence-corrected chi connectivity index (χ1v) is 32.6. The first kappa shape index (κ1) is 71.4. The number of rotatable bonds is 60. The molecule has 0 aliphatic rings. The molecule has 6 nitrogen and oxygen atoms in total.